The van der Waals surface area contributed by atoms with Crippen molar-refractivity contribution in [2.45, 2.75) is 0 Å². The van der Waals surface area contributed by atoms with Crippen LogP contribution in [0.15, 0.2) is 51.4 Å². The summed E-state index contributed by atoms with van der Waals surface area (Å²) in [6.45, 7) is -0.222. The predicted molar refractivity (Wildman–Crippen MR) is 93.6 cm³/mol. The predicted octanol–water partition coefficient (Wildman–Crippen LogP) is 3.38. The van der Waals surface area contributed by atoms with E-state index in [9.17, 15) is 14.4 Å². The number of ketones is 1. The Hall–Kier alpha value is -1.99. The summed E-state index contributed by atoms with van der Waals surface area (Å²) in [6.07, 6.45) is 0. The van der Waals surface area contributed by atoms with Crippen LogP contribution in [-0.4, -0.2) is 24.1 Å². The standard InChI is InChI=1S/C16H10Br2N2O3/c17-9-5-6-11(18)12(7-9)19-14(21)8-20-13-4-2-1-3-10(13)15(22)16(20)23/h1-7H,8H2,(H,19,21). The molecule has 5 nitrogen and oxygen atoms in total. The Bertz CT molecular complexity index is 836. The highest BCUT2D eigenvalue weighted by Gasteiger charge is 2.36. The van der Waals surface area contributed by atoms with Crippen LogP contribution >= 0.6 is 31.9 Å². The first-order valence-corrected chi connectivity index (χ1v) is 8.26. The molecule has 0 saturated heterocycles. The van der Waals surface area contributed by atoms with Crippen LogP contribution < -0.4 is 10.2 Å². The molecule has 0 aliphatic carbocycles. The highest BCUT2D eigenvalue weighted by atomic mass is 79.9. The molecule has 0 atom stereocenters. The summed E-state index contributed by atoms with van der Waals surface area (Å²) < 4.78 is 1.53. The molecule has 3 rings (SSSR count). The lowest BCUT2D eigenvalue weighted by Crippen LogP contribution is -2.37. The maximum absolute atomic E-state index is 12.2. The van der Waals surface area contributed by atoms with Crippen molar-refractivity contribution >= 4 is 60.8 Å². The molecule has 2 amide bonds. The van der Waals surface area contributed by atoms with Crippen LogP contribution in [0.4, 0.5) is 11.4 Å². The van der Waals surface area contributed by atoms with Crippen LogP contribution in [0.5, 0.6) is 0 Å². The van der Waals surface area contributed by atoms with Crippen molar-refractivity contribution in [2.24, 2.45) is 0 Å². The van der Waals surface area contributed by atoms with Crippen LogP contribution in [0, 0.1) is 0 Å². The molecule has 0 spiro atoms. The number of rotatable bonds is 3. The quantitative estimate of drug-likeness (QED) is 0.748. The van der Waals surface area contributed by atoms with Gasteiger partial charge in [-0.25, -0.2) is 0 Å². The molecule has 1 N–H and O–H groups in total. The van der Waals surface area contributed by atoms with Crippen molar-refractivity contribution < 1.29 is 14.4 Å². The van der Waals surface area contributed by atoms with Gasteiger partial charge in [0.25, 0.3) is 11.7 Å². The van der Waals surface area contributed by atoms with E-state index in [4.69, 9.17) is 0 Å². The van der Waals surface area contributed by atoms with E-state index in [0.717, 1.165) is 8.95 Å². The van der Waals surface area contributed by atoms with E-state index < -0.39 is 11.7 Å². The van der Waals surface area contributed by atoms with Crippen LogP contribution in [0.1, 0.15) is 10.4 Å². The van der Waals surface area contributed by atoms with Crippen molar-refractivity contribution in [2.75, 3.05) is 16.8 Å². The van der Waals surface area contributed by atoms with Crippen LogP contribution in [0.25, 0.3) is 0 Å². The minimum Gasteiger partial charge on any atom is -0.323 e. The SMILES string of the molecule is O=C(CN1C(=O)C(=O)c2ccccc21)Nc1cc(Br)ccc1Br. The number of para-hydroxylation sites is 1. The van der Waals surface area contributed by atoms with Gasteiger partial charge in [0.15, 0.2) is 0 Å². The van der Waals surface area contributed by atoms with Gasteiger partial charge in [-0.15, -0.1) is 0 Å². The Morgan fingerprint density at radius 1 is 1.09 bits per heavy atom. The van der Waals surface area contributed by atoms with Gasteiger partial charge in [-0.05, 0) is 46.3 Å². The molecule has 1 aliphatic heterocycles. The monoisotopic (exact) mass is 436 g/mol. The zero-order valence-electron chi connectivity index (χ0n) is 11.7. The Labute approximate surface area is 148 Å². The molecule has 116 valence electrons. The van der Waals surface area contributed by atoms with E-state index in [0.29, 0.717) is 16.9 Å². The smallest absolute Gasteiger partial charge is 0.299 e. The van der Waals surface area contributed by atoms with Crippen LogP contribution in [0.3, 0.4) is 0 Å². The third-order valence-electron chi connectivity index (χ3n) is 3.38. The highest BCUT2D eigenvalue weighted by molar-refractivity contribution is 9.11. The number of fused-ring (bicyclic) bond motifs is 1. The van der Waals surface area contributed by atoms with Gasteiger partial charge in [0.1, 0.15) is 6.54 Å². The van der Waals surface area contributed by atoms with Gasteiger partial charge in [-0.2, -0.15) is 0 Å². The fourth-order valence-electron chi connectivity index (χ4n) is 2.33. The van der Waals surface area contributed by atoms with Crippen molar-refractivity contribution in [1.29, 1.82) is 0 Å². The first-order valence-electron chi connectivity index (χ1n) is 6.67. The minimum atomic E-state index is -0.686. The van der Waals surface area contributed by atoms with Gasteiger partial charge in [-0.1, -0.05) is 28.1 Å². The zero-order valence-corrected chi connectivity index (χ0v) is 14.8. The molecular formula is C16H10Br2N2O3. The van der Waals surface area contributed by atoms with Gasteiger partial charge in [-0.3, -0.25) is 19.3 Å². The fourth-order valence-corrected chi connectivity index (χ4v) is 3.04. The summed E-state index contributed by atoms with van der Waals surface area (Å²) in [5.41, 5.74) is 1.37. The van der Waals surface area contributed by atoms with Crippen LogP contribution in [0.2, 0.25) is 0 Å². The van der Waals surface area contributed by atoms with Gasteiger partial charge < -0.3 is 5.32 Å². The first-order chi connectivity index (χ1) is 11.0. The Balaban J connectivity index is 1.80. The zero-order chi connectivity index (χ0) is 16.6. The summed E-state index contributed by atoms with van der Waals surface area (Å²) >= 11 is 6.68. The second-order valence-corrected chi connectivity index (χ2v) is 6.68. The summed E-state index contributed by atoms with van der Waals surface area (Å²) in [5.74, 6) is -1.66. The number of nitrogens with one attached hydrogen (secondary N) is 1. The second-order valence-electron chi connectivity index (χ2n) is 4.91. The number of hydrogen-bond acceptors (Lipinski definition) is 3. The van der Waals surface area contributed by atoms with Gasteiger partial charge in [0.2, 0.25) is 5.91 Å². The Morgan fingerprint density at radius 2 is 1.83 bits per heavy atom. The number of benzene rings is 2. The van der Waals surface area contributed by atoms with Gasteiger partial charge in [0, 0.05) is 8.95 Å². The largest absolute Gasteiger partial charge is 0.323 e. The molecule has 0 fully saturated rings. The lowest BCUT2D eigenvalue weighted by Gasteiger charge is -2.16. The number of hydrogen-bond donors (Lipinski definition) is 1. The van der Waals surface area contributed by atoms with Crippen molar-refractivity contribution in [3.63, 3.8) is 0 Å². The molecule has 0 saturated carbocycles. The molecule has 23 heavy (non-hydrogen) atoms. The first kappa shape index (κ1) is 15.9. The second kappa shape index (κ2) is 6.25. The molecule has 0 unspecified atom stereocenters. The molecule has 2 aromatic rings. The average molecular weight is 438 g/mol. The molecule has 0 aromatic heterocycles. The molecular weight excluding hydrogens is 428 g/mol. The van der Waals surface area contributed by atoms with Crippen molar-refractivity contribution in [1.82, 2.24) is 0 Å². The normalized spacial score (nSPS) is 13.2. The van der Waals surface area contributed by atoms with E-state index in [2.05, 4.69) is 37.2 Å². The molecule has 7 heteroatoms. The van der Waals surface area contributed by atoms with Gasteiger partial charge in [0.05, 0.1) is 16.9 Å². The number of carbonyl (C=O) groups excluding carboxylic acids is 3. The number of anilines is 2. The highest BCUT2D eigenvalue weighted by Crippen LogP contribution is 2.29. The molecule has 1 heterocycles. The number of nitrogens with zero attached hydrogens (tertiary/aromatic N) is 1. The number of Topliss-reactive ketones (excluding diaryl/α,β-unsaturated/α-hetero) is 1. The Morgan fingerprint density at radius 3 is 2.61 bits per heavy atom. The lowest BCUT2D eigenvalue weighted by atomic mass is 10.1. The molecule has 2 aromatic carbocycles. The number of halogens is 2. The number of amides is 2. The van der Waals surface area contributed by atoms with Crippen molar-refractivity contribution in [3.8, 4) is 0 Å². The average Bonchev–Trinajstić information content (AvgIpc) is 2.76. The van der Waals surface area contributed by atoms with E-state index >= 15 is 0 Å². The lowest BCUT2D eigenvalue weighted by molar-refractivity contribution is -0.118. The number of carbonyl (C=O) groups is 3. The van der Waals surface area contributed by atoms with E-state index in [1.165, 1.54) is 4.90 Å². The minimum absolute atomic E-state index is 0.222. The molecule has 0 radical (unpaired) electrons. The van der Waals surface area contributed by atoms with E-state index in [1.54, 1.807) is 36.4 Å². The maximum atomic E-state index is 12.2. The third kappa shape index (κ3) is 3.07. The van der Waals surface area contributed by atoms with E-state index in [-0.39, 0.29) is 12.5 Å². The maximum Gasteiger partial charge on any atom is 0.299 e. The molecule has 1 aliphatic rings. The third-order valence-corrected chi connectivity index (χ3v) is 4.57. The topological polar surface area (TPSA) is 66.5 Å². The van der Waals surface area contributed by atoms with Gasteiger partial charge >= 0.3 is 0 Å². The summed E-state index contributed by atoms with van der Waals surface area (Å²) in [4.78, 5) is 37.4. The Kier molecular flexibility index (Phi) is 4.32. The summed E-state index contributed by atoms with van der Waals surface area (Å²) in [6, 6.07) is 12.0. The summed E-state index contributed by atoms with van der Waals surface area (Å²) in [7, 11) is 0. The summed E-state index contributed by atoms with van der Waals surface area (Å²) in [5, 5.41) is 2.72. The van der Waals surface area contributed by atoms with E-state index in [1.807, 2.05) is 6.07 Å². The molecule has 0 bridgehead atoms. The van der Waals surface area contributed by atoms with Crippen molar-refractivity contribution in [3.05, 3.63) is 57.0 Å². The van der Waals surface area contributed by atoms with Crippen LogP contribution in [-0.2, 0) is 9.59 Å². The fraction of sp³-hybridized carbons (Fsp3) is 0.0625.